The molecule has 3 aromatic rings. The number of rotatable bonds is 5. The number of thiophene rings is 1. The second-order valence-corrected chi connectivity index (χ2v) is 10.6. The second kappa shape index (κ2) is 9.51. The third-order valence-electron chi connectivity index (χ3n) is 6.12. The second-order valence-electron chi connectivity index (χ2n) is 8.51. The number of anilines is 1. The summed E-state index contributed by atoms with van der Waals surface area (Å²) < 4.78 is 1.51. The molecule has 0 spiro atoms. The highest BCUT2D eigenvalue weighted by atomic mass is 35.5. The predicted octanol–water partition coefficient (Wildman–Crippen LogP) is 5.25. The third kappa shape index (κ3) is 4.86. The van der Waals surface area contributed by atoms with Crippen molar-refractivity contribution in [1.29, 1.82) is 0 Å². The van der Waals surface area contributed by atoms with Crippen LogP contribution < -0.4 is 10.9 Å². The molecule has 0 radical (unpaired) electrons. The highest BCUT2D eigenvalue weighted by Gasteiger charge is 2.22. The molecule has 170 valence electrons. The third-order valence-corrected chi connectivity index (χ3v) is 7.77. The predicted molar refractivity (Wildman–Crippen MR) is 132 cm³/mol. The fourth-order valence-corrected chi connectivity index (χ4v) is 5.49. The Kier molecular flexibility index (Phi) is 6.91. The number of piperidine rings is 1. The summed E-state index contributed by atoms with van der Waals surface area (Å²) >= 11 is 13.7. The van der Waals surface area contributed by atoms with Gasteiger partial charge in [-0.25, -0.2) is 4.98 Å². The van der Waals surface area contributed by atoms with Gasteiger partial charge in [-0.3, -0.25) is 19.1 Å². The molecule has 1 fully saturated rings. The summed E-state index contributed by atoms with van der Waals surface area (Å²) in [5, 5.41) is 4.22. The van der Waals surface area contributed by atoms with Gasteiger partial charge in [0.15, 0.2) is 0 Å². The van der Waals surface area contributed by atoms with E-state index in [0.29, 0.717) is 39.4 Å². The molecule has 4 rings (SSSR count). The van der Waals surface area contributed by atoms with E-state index in [4.69, 9.17) is 28.2 Å². The van der Waals surface area contributed by atoms with Crippen LogP contribution in [0.15, 0.2) is 23.0 Å². The Morgan fingerprint density at radius 3 is 2.66 bits per heavy atom. The van der Waals surface area contributed by atoms with E-state index in [0.717, 1.165) is 41.2 Å². The fourth-order valence-electron chi connectivity index (χ4n) is 4.00. The maximum Gasteiger partial charge on any atom is 0.263 e. The van der Waals surface area contributed by atoms with Gasteiger partial charge in [0.1, 0.15) is 17.2 Å². The number of benzene rings is 1. The van der Waals surface area contributed by atoms with Crippen LogP contribution in [0, 0.1) is 19.8 Å². The van der Waals surface area contributed by atoms with Crippen molar-refractivity contribution >= 4 is 56.3 Å². The number of hydrogen-bond donors (Lipinski definition) is 1. The minimum absolute atomic E-state index is 0.130. The van der Waals surface area contributed by atoms with Crippen LogP contribution in [0.2, 0.25) is 10.0 Å². The van der Waals surface area contributed by atoms with Gasteiger partial charge in [0.2, 0.25) is 5.91 Å². The zero-order valence-electron chi connectivity index (χ0n) is 18.4. The van der Waals surface area contributed by atoms with E-state index in [-0.39, 0.29) is 18.0 Å². The summed E-state index contributed by atoms with van der Waals surface area (Å²) in [4.78, 5) is 35.3. The summed E-state index contributed by atoms with van der Waals surface area (Å²) in [5.74, 6) is 0.993. The summed E-state index contributed by atoms with van der Waals surface area (Å²) in [5.41, 5.74) is 1.21. The molecule has 2 aromatic heterocycles. The normalized spacial score (nSPS) is 15.4. The lowest BCUT2D eigenvalue weighted by atomic mass is 9.99. The van der Waals surface area contributed by atoms with Crippen LogP contribution >= 0.6 is 34.5 Å². The average molecular weight is 493 g/mol. The number of fused-ring (bicyclic) bond motifs is 1. The van der Waals surface area contributed by atoms with Crippen molar-refractivity contribution in [1.82, 2.24) is 14.5 Å². The molecular formula is C23H26Cl2N4O2S. The molecule has 1 aliphatic heterocycles. The number of carbonyl (C=O) groups excluding carboxylic acids is 1. The molecule has 32 heavy (non-hydrogen) atoms. The lowest BCUT2D eigenvalue weighted by Crippen LogP contribution is -2.37. The van der Waals surface area contributed by atoms with Crippen molar-refractivity contribution in [3.8, 4) is 0 Å². The quantitative estimate of drug-likeness (QED) is 0.527. The van der Waals surface area contributed by atoms with Crippen LogP contribution in [0.1, 0.15) is 36.0 Å². The van der Waals surface area contributed by atoms with Crippen molar-refractivity contribution in [2.45, 2.75) is 46.7 Å². The van der Waals surface area contributed by atoms with Gasteiger partial charge in [-0.05, 0) is 69.5 Å². The van der Waals surface area contributed by atoms with Gasteiger partial charge >= 0.3 is 0 Å². The molecular weight excluding hydrogens is 467 g/mol. The number of halogens is 2. The Morgan fingerprint density at radius 1 is 1.25 bits per heavy atom. The van der Waals surface area contributed by atoms with Crippen LogP contribution in [0.4, 0.5) is 5.69 Å². The number of nitrogens with zero attached hydrogens (tertiary/aromatic N) is 3. The molecule has 3 heterocycles. The minimum atomic E-state index is -0.337. The summed E-state index contributed by atoms with van der Waals surface area (Å²) in [6.07, 6.45) is 2.25. The number of aryl methyl sites for hydroxylation is 2. The van der Waals surface area contributed by atoms with Gasteiger partial charge in [0.05, 0.1) is 22.6 Å². The average Bonchev–Trinajstić information content (AvgIpc) is 3.02. The van der Waals surface area contributed by atoms with E-state index < -0.39 is 0 Å². The van der Waals surface area contributed by atoms with Gasteiger partial charge in [0, 0.05) is 9.90 Å². The standard InChI is InChI=1S/C23H26Cl2N4O2S/c1-13-6-8-28(9-7-13)11-19-27-22-21(14(2)15(3)32-22)23(31)29(19)12-20(30)26-18-5-4-16(24)10-17(18)25/h4-5,10,13H,6-9,11-12H2,1-3H3,(H,26,30). The fraction of sp³-hybridized carbons (Fsp3) is 0.435. The Bertz CT molecular complexity index is 1230. The number of aromatic nitrogens is 2. The molecule has 1 N–H and O–H groups in total. The summed E-state index contributed by atoms with van der Waals surface area (Å²) in [6.45, 7) is 8.53. The number of nitrogens with one attached hydrogen (secondary N) is 1. The Hall–Kier alpha value is -1.93. The molecule has 1 aliphatic rings. The number of carbonyl (C=O) groups is 1. The maximum atomic E-state index is 13.5. The summed E-state index contributed by atoms with van der Waals surface area (Å²) in [6, 6.07) is 4.87. The monoisotopic (exact) mass is 492 g/mol. The molecule has 1 aromatic carbocycles. The molecule has 6 nitrogen and oxygen atoms in total. The largest absolute Gasteiger partial charge is 0.323 e. The van der Waals surface area contributed by atoms with Gasteiger partial charge < -0.3 is 5.32 Å². The first-order valence-electron chi connectivity index (χ1n) is 10.7. The van der Waals surface area contributed by atoms with E-state index >= 15 is 0 Å². The van der Waals surface area contributed by atoms with E-state index in [2.05, 4.69) is 17.1 Å². The first kappa shape index (κ1) is 23.2. The van der Waals surface area contributed by atoms with Crippen molar-refractivity contribution < 1.29 is 4.79 Å². The Morgan fingerprint density at radius 2 is 1.97 bits per heavy atom. The zero-order valence-corrected chi connectivity index (χ0v) is 20.7. The number of likely N-dealkylation sites (tertiary alicyclic amines) is 1. The van der Waals surface area contributed by atoms with E-state index in [1.54, 1.807) is 18.2 Å². The zero-order chi connectivity index (χ0) is 23.0. The molecule has 0 unspecified atom stereocenters. The molecule has 1 saturated heterocycles. The van der Waals surface area contributed by atoms with Crippen molar-refractivity contribution in [2.24, 2.45) is 5.92 Å². The highest BCUT2D eigenvalue weighted by molar-refractivity contribution is 7.18. The van der Waals surface area contributed by atoms with Gasteiger partial charge in [0.25, 0.3) is 5.56 Å². The van der Waals surface area contributed by atoms with Crippen LogP contribution in [-0.4, -0.2) is 33.4 Å². The minimum Gasteiger partial charge on any atom is -0.323 e. The maximum absolute atomic E-state index is 13.5. The van der Waals surface area contributed by atoms with E-state index in [9.17, 15) is 9.59 Å². The molecule has 9 heteroatoms. The van der Waals surface area contributed by atoms with E-state index in [1.807, 2.05) is 13.8 Å². The lowest BCUT2D eigenvalue weighted by molar-refractivity contribution is -0.116. The molecule has 1 amide bonds. The molecule has 0 aliphatic carbocycles. The van der Waals surface area contributed by atoms with Crippen LogP contribution in [0.5, 0.6) is 0 Å². The smallest absolute Gasteiger partial charge is 0.263 e. The van der Waals surface area contributed by atoms with Crippen molar-refractivity contribution in [2.75, 3.05) is 18.4 Å². The van der Waals surface area contributed by atoms with Crippen molar-refractivity contribution in [3.05, 3.63) is 54.9 Å². The molecule has 0 bridgehead atoms. The SMILES string of the molecule is Cc1sc2nc(CN3CCC(C)CC3)n(CC(=O)Nc3ccc(Cl)cc3Cl)c(=O)c2c1C. The van der Waals surface area contributed by atoms with Crippen LogP contribution in [0.3, 0.4) is 0 Å². The van der Waals surface area contributed by atoms with Crippen LogP contribution in [0.25, 0.3) is 10.2 Å². The first-order valence-corrected chi connectivity index (χ1v) is 12.3. The molecule has 0 saturated carbocycles. The lowest BCUT2D eigenvalue weighted by Gasteiger charge is -2.30. The topological polar surface area (TPSA) is 67.2 Å². The van der Waals surface area contributed by atoms with Crippen LogP contribution in [-0.2, 0) is 17.9 Å². The highest BCUT2D eigenvalue weighted by Crippen LogP contribution is 2.28. The van der Waals surface area contributed by atoms with Gasteiger partial charge in [-0.1, -0.05) is 30.1 Å². The first-order chi connectivity index (χ1) is 15.2. The Balaban J connectivity index is 1.67. The number of hydrogen-bond acceptors (Lipinski definition) is 5. The van der Waals surface area contributed by atoms with Crippen molar-refractivity contribution in [3.63, 3.8) is 0 Å². The summed E-state index contributed by atoms with van der Waals surface area (Å²) in [7, 11) is 0. The Labute approximate surface area is 201 Å². The number of amides is 1. The molecule has 0 atom stereocenters. The van der Waals surface area contributed by atoms with Gasteiger partial charge in [-0.15, -0.1) is 11.3 Å². The van der Waals surface area contributed by atoms with Gasteiger partial charge in [-0.2, -0.15) is 0 Å². The van der Waals surface area contributed by atoms with E-state index in [1.165, 1.54) is 15.9 Å².